The highest BCUT2D eigenvalue weighted by atomic mass is 32.1. The van der Waals surface area contributed by atoms with E-state index in [1.807, 2.05) is 11.4 Å². The van der Waals surface area contributed by atoms with Crippen LogP contribution in [0.4, 0.5) is 0 Å². The van der Waals surface area contributed by atoms with Crippen LogP contribution in [0.5, 0.6) is 0 Å². The van der Waals surface area contributed by atoms with Crippen molar-refractivity contribution in [3.05, 3.63) is 26.6 Å². The van der Waals surface area contributed by atoms with E-state index in [1.54, 1.807) is 9.47 Å². The summed E-state index contributed by atoms with van der Waals surface area (Å²) in [4.78, 5) is 17.0. The van der Waals surface area contributed by atoms with Gasteiger partial charge in [0.25, 0.3) is 5.56 Å². The van der Waals surface area contributed by atoms with Crippen LogP contribution in [0.1, 0.15) is 12.8 Å². The van der Waals surface area contributed by atoms with Crippen LogP contribution in [0.15, 0.2) is 16.2 Å². The lowest BCUT2D eigenvalue weighted by Crippen LogP contribution is -3.10. The zero-order valence-electron chi connectivity index (χ0n) is 10.1. The number of thiophene rings is 1. The van der Waals surface area contributed by atoms with Gasteiger partial charge >= 0.3 is 0 Å². The summed E-state index contributed by atoms with van der Waals surface area (Å²) in [6.45, 7) is 4.17. The fourth-order valence-corrected chi connectivity index (χ4v) is 3.65. The summed E-state index contributed by atoms with van der Waals surface area (Å²) in [7, 11) is 0. The fraction of sp³-hybridized carbons (Fsp3) is 0.500. The van der Waals surface area contributed by atoms with Gasteiger partial charge in [-0.05, 0) is 23.7 Å². The number of rotatable bonds is 3. The molecule has 18 heavy (non-hydrogen) atoms. The first kappa shape index (κ1) is 12.1. The maximum atomic E-state index is 12.3. The van der Waals surface area contributed by atoms with Crippen LogP contribution < -0.4 is 10.5 Å². The number of H-pyrrole nitrogens is 1. The van der Waals surface area contributed by atoms with Gasteiger partial charge in [-0.25, -0.2) is 0 Å². The number of nitrogens with zero attached hydrogens (tertiary/aromatic N) is 1. The van der Waals surface area contributed by atoms with Crippen LogP contribution in [-0.4, -0.2) is 29.2 Å². The van der Waals surface area contributed by atoms with E-state index < -0.39 is 0 Å². The molecule has 3 rings (SSSR count). The SMILES string of the molecule is O=c1c2sccc2[nH]c(=S)n1CC[NH+]1CCCC1. The molecule has 1 saturated heterocycles. The van der Waals surface area contributed by atoms with Crippen molar-refractivity contribution in [2.45, 2.75) is 19.4 Å². The molecule has 1 aliphatic heterocycles. The van der Waals surface area contributed by atoms with Gasteiger partial charge < -0.3 is 9.88 Å². The molecule has 0 atom stereocenters. The van der Waals surface area contributed by atoms with Crippen molar-refractivity contribution >= 4 is 33.8 Å². The zero-order chi connectivity index (χ0) is 12.5. The molecule has 1 aliphatic rings. The molecule has 96 valence electrons. The Morgan fingerprint density at radius 2 is 2.22 bits per heavy atom. The molecule has 3 heterocycles. The maximum Gasteiger partial charge on any atom is 0.272 e. The monoisotopic (exact) mass is 282 g/mol. The molecule has 4 nitrogen and oxygen atoms in total. The average Bonchev–Trinajstić information content (AvgIpc) is 2.98. The highest BCUT2D eigenvalue weighted by Gasteiger charge is 2.15. The van der Waals surface area contributed by atoms with Gasteiger partial charge in [0.15, 0.2) is 4.77 Å². The van der Waals surface area contributed by atoms with E-state index in [1.165, 1.54) is 37.3 Å². The van der Waals surface area contributed by atoms with Gasteiger partial charge in [-0.1, -0.05) is 0 Å². The highest BCUT2D eigenvalue weighted by molar-refractivity contribution is 7.71. The van der Waals surface area contributed by atoms with Crippen molar-refractivity contribution in [2.75, 3.05) is 19.6 Å². The summed E-state index contributed by atoms with van der Waals surface area (Å²) in [5.41, 5.74) is 0.919. The highest BCUT2D eigenvalue weighted by Crippen LogP contribution is 2.13. The van der Waals surface area contributed by atoms with Crippen molar-refractivity contribution in [3.63, 3.8) is 0 Å². The molecule has 1 fully saturated rings. The predicted octanol–water partition coefficient (Wildman–Crippen LogP) is 0.799. The molecule has 2 aromatic heterocycles. The molecule has 2 aromatic rings. The third-order valence-electron chi connectivity index (χ3n) is 3.59. The van der Waals surface area contributed by atoms with E-state index in [4.69, 9.17) is 12.2 Å². The van der Waals surface area contributed by atoms with E-state index in [2.05, 4.69) is 4.98 Å². The van der Waals surface area contributed by atoms with Crippen molar-refractivity contribution in [3.8, 4) is 0 Å². The minimum Gasteiger partial charge on any atom is -0.333 e. The molecule has 0 saturated carbocycles. The zero-order valence-corrected chi connectivity index (χ0v) is 11.7. The van der Waals surface area contributed by atoms with Gasteiger partial charge in [0.2, 0.25) is 0 Å². The third-order valence-corrected chi connectivity index (χ3v) is 4.82. The van der Waals surface area contributed by atoms with Gasteiger partial charge in [-0.15, -0.1) is 11.3 Å². The van der Waals surface area contributed by atoms with Gasteiger partial charge in [0.1, 0.15) is 4.70 Å². The maximum absolute atomic E-state index is 12.3. The molecule has 0 radical (unpaired) electrons. The summed E-state index contributed by atoms with van der Waals surface area (Å²) in [6.07, 6.45) is 2.61. The summed E-state index contributed by atoms with van der Waals surface area (Å²) in [5, 5.41) is 1.92. The number of quaternary nitrogens is 1. The fourth-order valence-electron chi connectivity index (χ4n) is 2.57. The van der Waals surface area contributed by atoms with Crippen LogP contribution in [0.3, 0.4) is 0 Å². The van der Waals surface area contributed by atoms with Crippen LogP contribution in [0.2, 0.25) is 0 Å². The van der Waals surface area contributed by atoms with Crippen molar-refractivity contribution in [2.24, 2.45) is 0 Å². The standard InChI is InChI=1S/C12H15N3OS2/c16-11-10-9(3-8-18-10)13-12(17)15(11)7-6-14-4-1-2-5-14/h3,8H,1-2,4-7H2,(H,13,17)/p+1. The van der Waals surface area contributed by atoms with Crippen molar-refractivity contribution in [1.82, 2.24) is 9.55 Å². The normalized spacial score (nSPS) is 16.7. The molecular formula is C12H16N3OS2+. The van der Waals surface area contributed by atoms with Crippen LogP contribution in [-0.2, 0) is 6.54 Å². The predicted molar refractivity (Wildman–Crippen MR) is 76.1 cm³/mol. The van der Waals surface area contributed by atoms with Crippen LogP contribution in [0.25, 0.3) is 10.2 Å². The lowest BCUT2D eigenvalue weighted by atomic mass is 10.4. The second kappa shape index (κ2) is 4.95. The third kappa shape index (κ3) is 2.15. The first-order chi connectivity index (χ1) is 8.75. The largest absolute Gasteiger partial charge is 0.333 e. The number of nitrogens with one attached hydrogen (secondary N) is 2. The molecule has 0 amide bonds. The Labute approximate surface area is 114 Å². The first-order valence-corrected chi connectivity index (χ1v) is 7.58. The minimum atomic E-state index is 0.0577. The Kier molecular flexibility index (Phi) is 3.32. The molecule has 0 aromatic carbocycles. The summed E-state index contributed by atoms with van der Waals surface area (Å²) in [6, 6.07) is 1.91. The van der Waals surface area contributed by atoms with Crippen LogP contribution >= 0.6 is 23.6 Å². The lowest BCUT2D eigenvalue weighted by molar-refractivity contribution is -0.888. The van der Waals surface area contributed by atoms with E-state index in [0.717, 1.165) is 23.3 Å². The van der Waals surface area contributed by atoms with Gasteiger partial charge in [0, 0.05) is 12.8 Å². The number of likely N-dealkylation sites (tertiary alicyclic amines) is 1. The number of fused-ring (bicyclic) bond motifs is 1. The molecule has 0 bridgehead atoms. The Balaban J connectivity index is 1.90. The smallest absolute Gasteiger partial charge is 0.272 e. The van der Waals surface area contributed by atoms with Crippen molar-refractivity contribution in [1.29, 1.82) is 0 Å². The number of aromatic nitrogens is 2. The van der Waals surface area contributed by atoms with E-state index in [9.17, 15) is 4.79 Å². The van der Waals surface area contributed by atoms with E-state index in [-0.39, 0.29) is 5.56 Å². The molecule has 0 unspecified atom stereocenters. The lowest BCUT2D eigenvalue weighted by Gasteiger charge is -2.13. The van der Waals surface area contributed by atoms with E-state index in [0.29, 0.717) is 4.77 Å². The van der Waals surface area contributed by atoms with Crippen molar-refractivity contribution < 1.29 is 4.90 Å². The quantitative estimate of drug-likeness (QED) is 0.818. The number of hydrogen-bond donors (Lipinski definition) is 2. The summed E-state index contributed by atoms with van der Waals surface area (Å²) >= 11 is 6.75. The molecule has 2 N–H and O–H groups in total. The summed E-state index contributed by atoms with van der Waals surface area (Å²) < 4.78 is 3.03. The van der Waals surface area contributed by atoms with Gasteiger partial charge in [0.05, 0.1) is 31.7 Å². The molecule has 0 aliphatic carbocycles. The van der Waals surface area contributed by atoms with Crippen LogP contribution in [0, 0.1) is 4.77 Å². The van der Waals surface area contributed by atoms with E-state index >= 15 is 0 Å². The minimum absolute atomic E-state index is 0.0577. The Morgan fingerprint density at radius 1 is 1.44 bits per heavy atom. The molecule has 6 heteroatoms. The Bertz CT molecular complexity index is 664. The second-order valence-electron chi connectivity index (χ2n) is 4.76. The Hall–Kier alpha value is -0.980. The summed E-state index contributed by atoms with van der Waals surface area (Å²) in [5.74, 6) is 0. The van der Waals surface area contributed by atoms with Gasteiger partial charge in [-0.2, -0.15) is 0 Å². The second-order valence-corrected chi connectivity index (χ2v) is 6.06. The number of aromatic amines is 1. The average molecular weight is 282 g/mol. The van der Waals surface area contributed by atoms with Gasteiger partial charge in [-0.3, -0.25) is 9.36 Å². The topological polar surface area (TPSA) is 42.2 Å². The Morgan fingerprint density at radius 3 is 3.00 bits per heavy atom. The first-order valence-electron chi connectivity index (χ1n) is 6.29. The molecular weight excluding hydrogens is 266 g/mol. The molecule has 0 spiro atoms. The number of hydrogen-bond acceptors (Lipinski definition) is 3.